The summed E-state index contributed by atoms with van der Waals surface area (Å²) < 4.78 is 0. The third-order valence-corrected chi connectivity index (χ3v) is 5.41. The molecule has 0 aromatic heterocycles. The van der Waals surface area contributed by atoms with Gasteiger partial charge in [-0.2, -0.15) is 0 Å². The van der Waals surface area contributed by atoms with Gasteiger partial charge in [-0.05, 0) is 45.3 Å². The normalized spacial score (nSPS) is 31.2. The van der Waals surface area contributed by atoms with Crippen molar-refractivity contribution in [2.24, 2.45) is 5.41 Å². The molecule has 2 saturated heterocycles. The van der Waals surface area contributed by atoms with Gasteiger partial charge in [-0.3, -0.25) is 4.90 Å². The Hall–Kier alpha value is -0.860. The molecule has 1 N–H and O–H groups in total. The molecule has 1 unspecified atom stereocenters. The summed E-state index contributed by atoms with van der Waals surface area (Å²) in [4.78, 5) is 2.68. The molecule has 2 aliphatic heterocycles. The number of benzene rings is 1. The van der Waals surface area contributed by atoms with Crippen LogP contribution >= 0.6 is 0 Å². The lowest BCUT2D eigenvalue weighted by atomic mass is 9.71. The molecule has 0 aliphatic carbocycles. The molecule has 0 bridgehead atoms. The first-order chi connectivity index (χ1) is 8.64. The minimum atomic E-state index is 0.312. The van der Waals surface area contributed by atoms with Crippen molar-refractivity contribution in [2.75, 3.05) is 19.6 Å². The van der Waals surface area contributed by atoms with E-state index in [-0.39, 0.29) is 0 Å². The van der Waals surface area contributed by atoms with Crippen molar-refractivity contribution in [1.82, 2.24) is 10.2 Å². The van der Waals surface area contributed by atoms with Crippen molar-refractivity contribution < 1.29 is 0 Å². The summed E-state index contributed by atoms with van der Waals surface area (Å²) in [5.41, 5.74) is 2.25. The smallest absolute Gasteiger partial charge is 0.0239 e. The minimum Gasteiger partial charge on any atom is -0.316 e. The monoisotopic (exact) mass is 244 g/mol. The molecular weight excluding hydrogens is 220 g/mol. The van der Waals surface area contributed by atoms with Crippen molar-refractivity contribution in [3.63, 3.8) is 0 Å². The maximum Gasteiger partial charge on any atom is 0.0239 e. The van der Waals surface area contributed by atoms with E-state index in [9.17, 15) is 0 Å². The van der Waals surface area contributed by atoms with Gasteiger partial charge in [0.05, 0.1) is 0 Å². The van der Waals surface area contributed by atoms with Gasteiger partial charge in [0.25, 0.3) is 0 Å². The first kappa shape index (κ1) is 12.2. The van der Waals surface area contributed by atoms with E-state index >= 15 is 0 Å². The van der Waals surface area contributed by atoms with Gasteiger partial charge >= 0.3 is 0 Å². The average Bonchev–Trinajstić information content (AvgIpc) is 2.93. The van der Waals surface area contributed by atoms with E-state index < -0.39 is 0 Å². The lowest BCUT2D eigenvalue weighted by molar-refractivity contribution is 0.0743. The highest BCUT2D eigenvalue weighted by atomic mass is 15.2. The maximum atomic E-state index is 3.57. The predicted molar refractivity (Wildman–Crippen MR) is 75.5 cm³/mol. The predicted octanol–water partition coefficient (Wildman–Crippen LogP) is 2.65. The Morgan fingerprint density at radius 2 is 1.94 bits per heavy atom. The van der Waals surface area contributed by atoms with Gasteiger partial charge in [0.15, 0.2) is 0 Å². The summed E-state index contributed by atoms with van der Waals surface area (Å²) in [6.45, 7) is 9.61. The molecule has 0 amide bonds. The summed E-state index contributed by atoms with van der Waals surface area (Å²) >= 11 is 0. The van der Waals surface area contributed by atoms with E-state index in [2.05, 4.69) is 54.4 Å². The highest BCUT2D eigenvalue weighted by Crippen LogP contribution is 2.49. The zero-order valence-electron chi connectivity index (χ0n) is 11.6. The van der Waals surface area contributed by atoms with E-state index in [1.165, 1.54) is 38.0 Å². The molecule has 1 spiro atoms. The number of nitrogens with zero attached hydrogens (tertiary/aromatic N) is 1. The Morgan fingerprint density at radius 3 is 2.61 bits per heavy atom. The molecule has 1 atom stereocenters. The van der Waals surface area contributed by atoms with Crippen LogP contribution in [-0.4, -0.2) is 30.1 Å². The van der Waals surface area contributed by atoms with Crippen LogP contribution in [0.15, 0.2) is 30.3 Å². The van der Waals surface area contributed by atoms with E-state index in [0.717, 1.165) is 6.54 Å². The van der Waals surface area contributed by atoms with E-state index in [1.54, 1.807) is 0 Å². The number of hydrogen-bond donors (Lipinski definition) is 1. The molecular formula is C16H24N2. The summed E-state index contributed by atoms with van der Waals surface area (Å²) in [7, 11) is 0. The van der Waals surface area contributed by atoms with Crippen LogP contribution in [0.25, 0.3) is 0 Å². The summed E-state index contributed by atoms with van der Waals surface area (Å²) in [5, 5.41) is 3.57. The van der Waals surface area contributed by atoms with Crippen LogP contribution in [0.4, 0.5) is 0 Å². The summed E-state index contributed by atoms with van der Waals surface area (Å²) in [6.07, 6.45) is 2.69. The van der Waals surface area contributed by atoms with Gasteiger partial charge in [-0.15, -0.1) is 0 Å². The summed E-state index contributed by atoms with van der Waals surface area (Å²) in [6, 6.07) is 10.9. The highest BCUT2D eigenvalue weighted by molar-refractivity contribution is 5.17. The van der Waals surface area contributed by atoms with E-state index in [4.69, 9.17) is 0 Å². The Kier molecular flexibility index (Phi) is 2.95. The molecule has 2 heterocycles. The fourth-order valence-electron chi connectivity index (χ4n) is 3.83. The Labute approximate surface area is 110 Å². The fraction of sp³-hybridized carbons (Fsp3) is 0.625. The lowest BCUT2D eigenvalue weighted by Crippen LogP contribution is -2.49. The Morgan fingerprint density at radius 1 is 1.17 bits per heavy atom. The van der Waals surface area contributed by atoms with Gasteiger partial charge in [-0.1, -0.05) is 30.3 Å². The molecule has 2 fully saturated rings. The van der Waals surface area contributed by atoms with Crippen LogP contribution < -0.4 is 5.32 Å². The van der Waals surface area contributed by atoms with Crippen LogP contribution in [0.5, 0.6) is 0 Å². The van der Waals surface area contributed by atoms with Crippen LogP contribution in [0.3, 0.4) is 0 Å². The molecule has 0 radical (unpaired) electrons. The van der Waals surface area contributed by atoms with Crippen LogP contribution in [0, 0.1) is 5.41 Å². The van der Waals surface area contributed by atoms with Gasteiger partial charge in [-0.25, -0.2) is 0 Å². The van der Waals surface area contributed by atoms with Gasteiger partial charge in [0.1, 0.15) is 0 Å². The maximum absolute atomic E-state index is 3.57. The van der Waals surface area contributed by atoms with Gasteiger partial charge in [0, 0.05) is 24.0 Å². The van der Waals surface area contributed by atoms with Crippen LogP contribution in [-0.2, 0) is 6.54 Å². The number of hydrogen-bond acceptors (Lipinski definition) is 2. The van der Waals surface area contributed by atoms with E-state index in [0.29, 0.717) is 11.0 Å². The molecule has 1 aromatic rings. The quantitative estimate of drug-likeness (QED) is 0.860. The highest BCUT2D eigenvalue weighted by Gasteiger charge is 2.53. The second-order valence-electron chi connectivity index (χ2n) is 6.42. The number of rotatable bonds is 2. The van der Waals surface area contributed by atoms with Crippen molar-refractivity contribution in [3.8, 4) is 0 Å². The third kappa shape index (κ3) is 1.79. The zero-order chi connectivity index (χ0) is 12.6. The molecule has 2 heteroatoms. The summed E-state index contributed by atoms with van der Waals surface area (Å²) in [5.74, 6) is 0. The Balaban J connectivity index is 1.79. The minimum absolute atomic E-state index is 0.312. The molecule has 1 aromatic carbocycles. The molecule has 18 heavy (non-hydrogen) atoms. The fourth-order valence-corrected chi connectivity index (χ4v) is 3.83. The molecule has 0 saturated carbocycles. The van der Waals surface area contributed by atoms with Crippen molar-refractivity contribution in [2.45, 2.75) is 38.8 Å². The lowest BCUT2D eigenvalue weighted by Gasteiger charge is -2.43. The molecule has 98 valence electrons. The standard InChI is InChI=1S/C16H24N2/c1-15(2)16(8-10-17-13-16)9-11-18(15)12-14-6-4-3-5-7-14/h3-7,17H,8-13H2,1-2H3. The van der Waals surface area contributed by atoms with Crippen LogP contribution in [0.1, 0.15) is 32.3 Å². The average molecular weight is 244 g/mol. The number of likely N-dealkylation sites (tertiary alicyclic amines) is 1. The molecule has 2 nitrogen and oxygen atoms in total. The second-order valence-corrected chi connectivity index (χ2v) is 6.42. The van der Waals surface area contributed by atoms with Gasteiger partial charge in [0.2, 0.25) is 0 Å². The number of nitrogens with one attached hydrogen (secondary N) is 1. The van der Waals surface area contributed by atoms with Gasteiger partial charge < -0.3 is 5.32 Å². The molecule has 2 aliphatic rings. The third-order valence-electron chi connectivity index (χ3n) is 5.41. The van der Waals surface area contributed by atoms with Crippen molar-refractivity contribution in [1.29, 1.82) is 0 Å². The van der Waals surface area contributed by atoms with Crippen molar-refractivity contribution >= 4 is 0 Å². The Bertz CT molecular complexity index is 404. The van der Waals surface area contributed by atoms with E-state index in [1.807, 2.05) is 0 Å². The van der Waals surface area contributed by atoms with Crippen LogP contribution in [0.2, 0.25) is 0 Å². The zero-order valence-corrected chi connectivity index (χ0v) is 11.6. The largest absolute Gasteiger partial charge is 0.316 e. The topological polar surface area (TPSA) is 15.3 Å². The van der Waals surface area contributed by atoms with Crippen molar-refractivity contribution in [3.05, 3.63) is 35.9 Å². The second kappa shape index (κ2) is 4.36. The molecule has 3 rings (SSSR count). The SMILES string of the molecule is CC1(C)N(Cc2ccccc2)CCC12CCNC2. The first-order valence-electron chi connectivity index (χ1n) is 7.14. The first-order valence-corrected chi connectivity index (χ1v) is 7.14.